The second-order valence-electron chi connectivity index (χ2n) is 6.51. The van der Waals surface area contributed by atoms with Gasteiger partial charge in [-0.2, -0.15) is 0 Å². The van der Waals surface area contributed by atoms with Crippen LogP contribution in [0.15, 0.2) is 0 Å². The normalized spacial score (nSPS) is 26.3. The van der Waals surface area contributed by atoms with Crippen molar-refractivity contribution in [3.8, 4) is 0 Å². The van der Waals surface area contributed by atoms with Crippen molar-refractivity contribution in [3.63, 3.8) is 0 Å². The lowest BCUT2D eigenvalue weighted by molar-refractivity contribution is 0.121. The van der Waals surface area contributed by atoms with Crippen LogP contribution in [0.2, 0.25) is 0 Å². The lowest BCUT2D eigenvalue weighted by Gasteiger charge is -2.37. The van der Waals surface area contributed by atoms with Crippen molar-refractivity contribution in [2.24, 2.45) is 11.8 Å². The van der Waals surface area contributed by atoms with Crippen LogP contribution in [0.25, 0.3) is 0 Å². The van der Waals surface area contributed by atoms with Gasteiger partial charge >= 0.3 is 0 Å². The van der Waals surface area contributed by atoms with Gasteiger partial charge in [-0.25, -0.2) is 0 Å². The summed E-state index contributed by atoms with van der Waals surface area (Å²) in [4.78, 5) is 2.52. The summed E-state index contributed by atoms with van der Waals surface area (Å²) in [7, 11) is 2.26. The third-order valence-corrected chi connectivity index (χ3v) is 4.38. The molecule has 0 heterocycles. The van der Waals surface area contributed by atoms with E-state index < -0.39 is 0 Å². The Bertz CT molecular complexity index is 205. The Balaban J connectivity index is 2.57. The molecule has 2 heteroatoms. The van der Waals surface area contributed by atoms with E-state index in [0.29, 0.717) is 6.61 Å². The van der Waals surface area contributed by atoms with E-state index in [4.69, 9.17) is 5.11 Å². The van der Waals surface area contributed by atoms with Gasteiger partial charge in [0.15, 0.2) is 0 Å². The van der Waals surface area contributed by atoms with Crippen molar-refractivity contribution in [3.05, 3.63) is 0 Å². The summed E-state index contributed by atoms with van der Waals surface area (Å²) in [5.74, 6) is 1.68. The Labute approximate surface area is 114 Å². The third kappa shape index (κ3) is 5.71. The molecule has 0 aromatic carbocycles. The second kappa shape index (κ2) is 8.92. The van der Waals surface area contributed by atoms with Crippen LogP contribution in [-0.4, -0.2) is 36.2 Å². The first-order valence-electron chi connectivity index (χ1n) is 7.96. The van der Waals surface area contributed by atoms with Crippen molar-refractivity contribution in [1.29, 1.82) is 0 Å². The molecule has 0 radical (unpaired) electrons. The summed E-state index contributed by atoms with van der Waals surface area (Å²) >= 11 is 0. The summed E-state index contributed by atoms with van der Waals surface area (Å²) in [6.45, 7) is 6.08. The zero-order valence-corrected chi connectivity index (χ0v) is 12.7. The summed E-state index contributed by atoms with van der Waals surface area (Å²) in [6, 6.07) is 0.749. The Morgan fingerprint density at radius 1 is 1.11 bits per heavy atom. The van der Waals surface area contributed by atoms with Crippen LogP contribution < -0.4 is 0 Å². The molecule has 108 valence electrons. The van der Waals surface area contributed by atoms with E-state index in [1.54, 1.807) is 0 Å². The molecule has 2 atom stereocenters. The molecule has 1 saturated carbocycles. The summed E-state index contributed by atoms with van der Waals surface area (Å²) in [5.41, 5.74) is 0. The van der Waals surface area contributed by atoms with Gasteiger partial charge in [0.05, 0.1) is 0 Å². The number of hydrogen-bond donors (Lipinski definition) is 1. The highest BCUT2D eigenvalue weighted by Gasteiger charge is 2.26. The Hall–Kier alpha value is -0.0800. The molecular formula is C16H33NO. The average Bonchev–Trinajstić information content (AvgIpc) is 2.29. The highest BCUT2D eigenvalue weighted by Crippen LogP contribution is 2.30. The monoisotopic (exact) mass is 255 g/mol. The molecule has 18 heavy (non-hydrogen) atoms. The van der Waals surface area contributed by atoms with Crippen molar-refractivity contribution in [2.75, 3.05) is 20.2 Å². The molecule has 1 rings (SSSR count). The standard InChI is InChI=1S/C16H33NO/c1-14(2)13-15-9-6-4-5-7-10-16(15)17(3)11-8-12-18/h14-16,18H,4-13H2,1-3H3. The van der Waals surface area contributed by atoms with Crippen LogP contribution in [-0.2, 0) is 0 Å². The Morgan fingerprint density at radius 3 is 2.39 bits per heavy atom. The number of aliphatic hydroxyl groups excluding tert-OH is 1. The molecule has 0 amide bonds. The fraction of sp³-hybridized carbons (Fsp3) is 1.00. The van der Waals surface area contributed by atoms with Gasteiger partial charge in [0.1, 0.15) is 0 Å². The minimum atomic E-state index is 0.325. The molecule has 1 N–H and O–H groups in total. The predicted molar refractivity (Wildman–Crippen MR) is 78.8 cm³/mol. The molecule has 2 unspecified atom stereocenters. The van der Waals surface area contributed by atoms with Crippen molar-refractivity contribution < 1.29 is 5.11 Å². The van der Waals surface area contributed by atoms with Crippen LogP contribution in [0.5, 0.6) is 0 Å². The van der Waals surface area contributed by atoms with E-state index in [-0.39, 0.29) is 0 Å². The Kier molecular flexibility index (Phi) is 7.92. The predicted octanol–water partition coefficient (Wildman–Crippen LogP) is 3.69. The van der Waals surface area contributed by atoms with E-state index in [1.165, 1.54) is 44.9 Å². The maximum absolute atomic E-state index is 9.00. The first kappa shape index (κ1) is 16.0. The highest BCUT2D eigenvalue weighted by molar-refractivity contribution is 4.80. The van der Waals surface area contributed by atoms with Gasteiger partial charge in [0.25, 0.3) is 0 Å². The van der Waals surface area contributed by atoms with E-state index >= 15 is 0 Å². The van der Waals surface area contributed by atoms with Crippen LogP contribution in [0, 0.1) is 11.8 Å². The number of nitrogens with zero attached hydrogens (tertiary/aromatic N) is 1. The second-order valence-corrected chi connectivity index (χ2v) is 6.51. The molecule has 1 aliphatic rings. The fourth-order valence-corrected chi connectivity index (χ4v) is 3.49. The SMILES string of the molecule is CC(C)CC1CCCCCCC1N(C)CCCO. The molecule has 0 bridgehead atoms. The van der Waals surface area contributed by atoms with Crippen LogP contribution in [0.1, 0.15) is 65.2 Å². The topological polar surface area (TPSA) is 23.5 Å². The molecule has 0 aliphatic heterocycles. The molecule has 1 fully saturated rings. The summed E-state index contributed by atoms with van der Waals surface area (Å²) < 4.78 is 0. The highest BCUT2D eigenvalue weighted by atomic mass is 16.3. The fourth-order valence-electron chi connectivity index (χ4n) is 3.49. The van der Waals surface area contributed by atoms with Gasteiger partial charge in [-0.1, -0.05) is 39.5 Å². The van der Waals surface area contributed by atoms with Crippen molar-refractivity contribution in [1.82, 2.24) is 4.90 Å². The number of rotatable bonds is 6. The minimum absolute atomic E-state index is 0.325. The lowest BCUT2D eigenvalue weighted by atomic mass is 9.81. The largest absolute Gasteiger partial charge is 0.396 e. The summed E-state index contributed by atoms with van der Waals surface area (Å²) in [5, 5.41) is 9.00. The minimum Gasteiger partial charge on any atom is -0.396 e. The van der Waals surface area contributed by atoms with Crippen molar-refractivity contribution in [2.45, 2.75) is 71.3 Å². The molecule has 1 aliphatic carbocycles. The zero-order chi connectivity index (χ0) is 13.4. The van der Waals surface area contributed by atoms with E-state index in [2.05, 4.69) is 25.8 Å². The van der Waals surface area contributed by atoms with Gasteiger partial charge in [0.2, 0.25) is 0 Å². The van der Waals surface area contributed by atoms with Gasteiger partial charge in [-0.15, -0.1) is 0 Å². The third-order valence-electron chi connectivity index (χ3n) is 4.38. The quantitative estimate of drug-likeness (QED) is 0.782. The van der Waals surface area contributed by atoms with Gasteiger partial charge in [0, 0.05) is 19.2 Å². The smallest absolute Gasteiger partial charge is 0.0443 e. The lowest BCUT2D eigenvalue weighted by Crippen LogP contribution is -2.40. The maximum Gasteiger partial charge on any atom is 0.0443 e. The molecule has 0 aromatic heterocycles. The first-order chi connectivity index (χ1) is 8.65. The summed E-state index contributed by atoms with van der Waals surface area (Å²) in [6.07, 6.45) is 10.7. The molecular weight excluding hydrogens is 222 g/mol. The molecule has 0 spiro atoms. The van der Waals surface area contributed by atoms with Crippen LogP contribution in [0.4, 0.5) is 0 Å². The molecule has 0 aromatic rings. The van der Waals surface area contributed by atoms with Gasteiger partial charge < -0.3 is 10.0 Å². The van der Waals surface area contributed by atoms with E-state index in [0.717, 1.165) is 30.8 Å². The van der Waals surface area contributed by atoms with Gasteiger partial charge in [-0.3, -0.25) is 0 Å². The average molecular weight is 255 g/mol. The van der Waals surface area contributed by atoms with E-state index in [9.17, 15) is 0 Å². The first-order valence-corrected chi connectivity index (χ1v) is 7.96. The Morgan fingerprint density at radius 2 is 1.78 bits per heavy atom. The van der Waals surface area contributed by atoms with Crippen molar-refractivity contribution >= 4 is 0 Å². The maximum atomic E-state index is 9.00. The zero-order valence-electron chi connectivity index (χ0n) is 12.7. The van der Waals surface area contributed by atoms with Crippen LogP contribution >= 0.6 is 0 Å². The number of hydrogen-bond acceptors (Lipinski definition) is 2. The van der Waals surface area contributed by atoms with Crippen LogP contribution in [0.3, 0.4) is 0 Å². The van der Waals surface area contributed by atoms with Gasteiger partial charge in [-0.05, 0) is 44.6 Å². The number of aliphatic hydroxyl groups is 1. The molecule has 2 nitrogen and oxygen atoms in total. The molecule has 0 saturated heterocycles. The van der Waals surface area contributed by atoms with E-state index in [1.807, 2.05) is 0 Å².